The highest BCUT2D eigenvalue weighted by atomic mass is 16.5. The van der Waals surface area contributed by atoms with Gasteiger partial charge in [0.1, 0.15) is 0 Å². The van der Waals surface area contributed by atoms with E-state index in [2.05, 4.69) is 0 Å². The summed E-state index contributed by atoms with van der Waals surface area (Å²) < 4.78 is 4.83. The molecule has 4 heteroatoms. The minimum atomic E-state index is 0.00833. The number of hydrogen-bond donors (Lipinski definition) is 2. The van der Waals surface area contributed by atoms with Gasteiger partial charge < -0.3 is 14.8 Å². The summed E-state index contributed by atoms with van der Waals surface area (Å²) in [6.07, 6.45) is 0. The van der Waals surface area contributed by atoms with Crippen molar-refractivity contribution in [3.8, 4) is 11.5 Å². The van der Waals surface area contributed by atoms with Crippen LogP contribution in [0.3, 0.4) is 0 Å². The maximum absolute atomic E-state index is 9.48. The second kappa shape index (κ2) is 3.60. The molecule has 0 aliphatic heterocycles. The van der Waals surface area contributed by atoms with E-state index in [1.54, 1.807) is 6.07 Å². The molecule has 0 atom stereocenters. The molecular formula is C10H8BO3. The molecular weight excluding hydrogens is 179 g/mol. The number of benzene rings is 2. The Kier molecular flexibility index (Phi) is 2.29. The Balaban J connectivity index is 2.69. The normalized spacial score (nSPS) is 10.1. The molecule has 3 nitrogen and oxygen atoms in total. The lowest BCUT2D eigenvalue weighted by atomic mass is 10.1. The minimum Gasteiger partial charge on any atom is -0.534 e. The van der Waals surface area contributed by atoms with Gasteiger partial charge in [-0.2, -0.15) is 0 Å². The zero-order valence-electron chi connectivity index (χ0n) is 7.34. The first-order chi connectivity index (χ1) is 6.83. The number of rotatable bonds is 2. The van der Waals surface area contributed by atoms with Crippen LogP contribution in [-0.4, -0.2) is 17.8 Å². The first kappa shape index (κ1) is 8.90. The fourth-order valence-corrected chi connectivity index (χ4v) is 1.41. The Morgan fingerprint density at radius 2 is 1.86 bits per heavy atom. The van der Waals surface area contributed by atoms with Gasteiger partial charge in [-0.05, 0) is 11.5 Å². The van der Waals surface area contributed by atoms with Gasteiger partial charge in [-0.15, -0.1) is 0 Å². The van der Waals surface area contributed by atoms with Crippen molar-refractivity contribution >= 4 is 18.5 Å². The van der Waals surface area contributed by atoms with E-state index in [4.69, 9.17) is 9.68 Å². The van der Waals surface area contributed by atoms with Gasteiger partial charge >= 0.3 is 7.69 Å². The van der Waals surface area contributed by atoms with Gasteiger partial charge in [-0.3, -0.25) is 0 Å². The van der Waals surface area contributed by atoms with E-state index >= 15 is 0 Å². The molecule has 0 saturated carbocycles. The van der Waals surface area contributed by atoms with Crippen molar-refractivity contribution in [3.63, 3.8) is 0 Å². The minimum absolute atomic E-state index is 0.00833. The molecule has 14 heavy (non-hydrogen) atoms. The maximum Gasteiger partial charge on any atom is 0.569 e. The number of fused-ring (bicyclic) bond motifs is 1. The van der Waals surface area contributed by atoms with Crippen molar-refractivity contribution in [2.75, 3.05) is 0 Å². The number of hydrogen-bond acceptors (Lipinski definition) is 3. The van der Waals surface area contributed by atoms with Gasteiger partial charge in [0.05, 0.1) is 0 Å². The smallest absolute Gasteiger partial charge is 0.534 e. The number of phenolic OH excluding ortho intramolecular Hbond substituents is 1. The molecule has 2 aromatic carbocycles. The summed E-state index contributed by atoms with van der Waals surface area (Å²) >= 11 is 0. The summed E-state index contributed by atoms with van der Waals surface area (Å²) in [7, 11) is 0.557. The van der Waals surface area contributed by atoms with Gasteiger partial charge in [0.25, 0.3) is 0 Å². The van der Waals surface area contributed by atoms with Crippen molar-refractivity contribution in [3.05, 3.63) is 36.4 Å². The first-order valence-corrected chi connectivity index (χ1v) is 4.16. The second-order valence-corrected chi connectivity index (χ2v) is 2.86. The Bertz CT molecular complexity index is 456. The molecule has 2 N–H and O–H groups in total. The monoisotopic (exact) mass is 187 g/mol. The third-order valence-electron chi connectivity index (χ3n) is 2.03. The average molecular weight is 187 g/mol. The summed E-state index contributed by atoms with van der Waals surface area (Å²) in [5.41, 5.74) is 0. The molecule has 0 spiro atoms. The predicted molar refractivity (Wildman–Crippen MR) is 54.2 cm³/mol. The van der Waals surface area contributed by atoms with Crippen molar-refractivity contribution in [1.29, 1.82) is 0 Å². The van der Waals surface area contributed by atoms with Crippen molar-refractivity contribution < 1.29 is 14.8 Å². The van der Waals surface area contributed by atoms with Crippen LogP contribution in [0.1, 0.15) is 0 Å². The van der Waals surface area contributed by atoms with E-state index < -0.39 is 0 Å². The zero-order valence-corrected chi connectivity index (χ0v) is 7.34. The Hall–Kier alpha value is -1.68. The van der Waals surface area contributed by atoms with Crippen LogP contribution >= 0.6 is 0 Å². The second-order valence-electron chi connectivity index (χ2n) is 2.86. The van der Waals surface area contributed by atoms with Crippen LogP contribution in [-0.2, 0) is 0 Å². The van der Waals surface area contributed by atoms with Gasteiger partial charge in [0.2, 0.25) is 0 Å². The van der Waals surface area contributed by atoms with Gasteiger partial charge in [-0.1, -0.05) is 30.3 Å². The van der Waals surface area contributed by atoms with Crippen molar-refractivity contribution in [1.82, 2.24) is 0 Å². The van der Waals surface area contributed by atoms with E-state index in [-0.39, 0.29) is 11.5 Å². The lowest BCUT2D eigenvalue weighted by molar-refractivity contribution is 0.414. The topological polar surface area (TPSA) is 49.7 Å². The SMILES string of the molecule is O[B]Oc1c(O)ccc2ccccc12. The van der Waals surface area contributed by atoms with Crippen molar-refractivity contribution in [2.45, 2.75) is 0 Å². The van der Waals surface area contributed by atoms with Crippen LogP contribution in [0.4, 0.5) is 0 Å². The fourth-order valence-electron chi connectivity index (χ4n) is 1.41. The summed E-state index contributed by atoms with van der Waals surface area (Å²) in [6.45, 7) is 0. The van der Waals surface area contributed by atoms with E-state index in [0.717, 1.165) is 10.8 Å². The van der Waals surface area contributed by atoms with Gasteiger partial charge in [-0.25, -0.2) is 0 Å². The van der Waals surface area contributed by atoms with E-state index in [0.29, 0.717) is 7.69 Å². The molecule has 0 bridgehead atoms. The van der Waals surface area contributed by atoms with Gasteiger partial charge in [0.15, 0.2) is 11.5 Å². The molecule has 2 rings (SSSR count). The summed E-state index contributed by atoms with van der Waals surface area (Å²) in [4.78, 5) is 0. The molecule has 1 radical (unpaired) electrons. The van der Waals surface area contributed by atoms with E-state index in [1.165, 1.54) is 6.07 Å². The highest BCUT2D eigenvalue weighted by molar-refractivity contribution is 6.18. The third-order valence-corrected chi connectivity index (χ3v) is 2.03. The van der Waals surface area contributed by atoms with Gasteiger partial charge in [0, 0.05) is 5.39 Å². The molecule has 0 unspecified atom stereocenters. The fraction of sp³-hybridized carbons (Fsp3) is 0. The zero-order chi connectivity index (χ0) is 9.97. The van der Waals surface area contributed by atoms with E-state index in [1.807, 2.05) is 24.3 Å². The largest absolute Gasteiger partial charge is 0.569 e. The molecule has 0 aromatic heterocycles. The maximum atomic E-state index is 9.48. The molecule has 0 aliphatic carbocycles. The highest BCUT2D eigenvalue weighted by Crippen LogP contribution is 2.34. The standard InChI is InChI=1S/C10H8BO3/c12-9-6-5-7-3-1-2-4-8(7)10(9)14-11-13/h1-6,12-13H. The Morgan fingerprint density at radius 1 is 1.07 bits per heavy atom. The first-order valence-electron chi connectivity index (χ1n) is 4.16. The Morgan fingerprint density at radius 3 is 2.64 bits per heavy atom. The number of aromatic hydroxyl groups is 1. The average Bonchev–Trinajstić information content (AvgIpc) is 2.23. The summed E-state index contributed by atoms with van der Waals surface area (Å²) in [5, 5.41) is 19.7. The summed E-state index contributed by atoms with van der Waals surface area (Å²) in [6, 6.07) is 10.8. The highest BCUT2D eigenvalue weighted by Gasteiger charge is 2.07. The van der Waals surface area contributed by atoms with Crippen molar-refractivity contribution in [2.24, 2.45) is 0 Å². The van der Waals surface area contributed by atoms with Crippen LogP contribution in [0, 0.1) is 0 Å². The molecule has 0 heterocycles. The van der Waals surface area contributed by atoms with Crippen LogP contribution in [0.5, 0.6) is 11.5 Å². The van der Waals surface area contributed by atoms with Crippen LogP contribution in [0.2, 0.25) is 0 Å². The van der Waals surface area contributed by atoms with E-state index in [9.17, 15) is 5.11 Å². The Labute approximate surface area is 81.9 Å². The lowest BCUT2D eigenvalue weighted by Gasteiger charge is -2.08. The van der Waals surface area contributed by atoms with Crippen LogP contribution in [0.25, 0.3) is 10.8 Å². The van der Waals surface area contributed by atoms with Crippen LogP contribution in [0.15, 0.2) is 36.4 Å². The quantitative estimate of drug-likeness (QED) is 0.699. The third kappa shape index (κ3) is 1.40. The number of phenols is 1. The van der Waals surface area contributed by atoms with Crippen LogP contribution < -0.4 is 4.65 Å². The predicted octanol–water partition coefficient (Wildman–Crippen LogP) is 1.45. The molecule has 0 amide bonds. The summed E-state index contributed by atoms with van der Waals surface area (Å²) in [5.74, 6) is 0.277. The lowest BCUT2D eigenvalue weighted by Crippen LogP contribution is -2.00. The molecule has 0 fully saturated rings. The molecule has 0 saturated heterocycles. The molecule has 2 aromatic rings. The molecule has 0 aliphatic rings. The molecule has 69 valence electrons.